The van der Waals surface area contributed by atoms with Gasteiger partial charge in [0.05, 0.1) is 5.54 Å². The summed E-state index contributed by atoms with van der Waals surface area (Å²) in [5, 5.41) is 5.14. The predicted octanol–water partition coefficient (Wildman–Crippen LogP) is 4.17. The van der Waals surface area contributed by atoms with E-state index in [1.807, 2.05) is 30.3 Å². The Morgan fingerprint density at radius 3 is 2.14 bits per heavy atom. The van der Waals surface area contributed by atoms with Crippen LogP contribution in [0.4, 0.5) is 19.3 Å². The maximum atomic E-state index is 13.6. The summed E-state index contributed by atoms with van der Waals surface area (Å²) in [4.78, 5) is 12.1. The first kappa shape index (κ1) is 14.5. The number of nitrogens with one attached hydrogen (secondary N) is 2. The first-order valence-corrected chi connectivity index (χ1v) is 7.19. The molecule has 0 aliphatic heterocycles. The van der Waals surface area contributed by atoms with Gasteiger partial charge in [-0.1, -0.05) is 36.4 Å². The number of rotatable bonds is 3. The number of para-hydroxylation sites is 1. The van der Waals surface area contributed by atoms with Gasteiger partial charge in [0, 0.05) is 0 Å². The normalized spacial score (nSPS) is 15.7. The minimum atomic E-state index is -0.794. The predicted molar refractivity (Wildman–Crippen MR) is 80.5 cm³/mol. The minimum absolute atomic E-state index is 0.428. The van der Waals surface area contributed by atoms with Gasteiger partial charge in [0.2, 0.25) is 0 Å². The Morgan fingerprint density at radius 2 is 1.59 bits per heavy atom. The van der Waals surface area contributed by atoms with Gasteiger partial charge in [-0.25, -0.2) is 13.6 Å². The van der Waals surface area contributed by atoms with Gasteiger partial charge in [0.1, 0.15) is 17.3 Å². The van der Waals surface area contributed by atoms with E-state index >= 15 is 0 Å². The van der Waals surface area contributed by atoms with Gasteiger partial charge in [-0.15, -0.1) is 0 Å². The van der Waals surface area contributed by atoms with Crippen molar-refractivity contribution < 1.29 is 13.6 Å². The molecule has 0 radical (unpaired) electrons. The van der Waals surface area contributed by atoms with E-state index in [1.54, 1.807) is 0 Å². The summed E-state index contributed by atoms with van der Waals surface area (Å²) < 4.78 is 27.2. The first-order valence-electron chi connectivity index (χ1n) is 7.19. The maximum Gasteiger partial charge on any atom is 0.320 e. The van der Waals surface area contributed by atoms with Crippen LogP contribution >= 0.6 is 0 Å². The molecule has 0 saturated heterocycles. The van der Waals surface area contributed by atoms with E-state index in [-0.39, 0.29) is 0 Å². The zero-order chi connectivity index (χ0) is 15.6. The van der Waals surface area contributed by atoms with Crippen LogP contribution in [0.1, 0.15) is 24.8 Å². The molecule has 2 N–H and O–H groups in total. The van der Waals surface area contributed by atoms with Crippen molar-refractivity contribution in [1.82, 2.24) is 5.32 Å². The Kier molecular flexibility index (Phi) is 3.79. The zero-order valence-electron chi connectivity index (χ0n) is 11.9. The monoisotopic (exact) mass is 302 g/mol. The molecule has 0 heterocycles. The van der Waals surface area contributed by atoms with Gasteiger partial charge >= 0.3 is 6.03 Å². The Balaban J connectivity index is 1.76. The summed E-state index contributed by atoms with van der Waals surface area (Å²) in [6, 6.07) is 12.5. The van der Waals surface area contributed by atoms with Crippen molar-refractivity contribution >= 4 is 11.7 Å². The molecule has 2 aromatic rings. The van der Waals surface area contributed by atoms with E-state index in [0.717, 1.165) is 37.0 Å². The lowest BCUT2D eigenvalue weighted by Crippen LogP contribution is -2.52. The molecule has 1 aliphatic carbocycles. The molecule has 2 aromatic carbocycles. The highest BCUT2D eigenvalue weighted by Crippen LogP contribution is 2.41. The molecule has 114 valence electrons. The van der Waals surface area contributed by atoms with E-state index < -0.39 is 28.9 Å². The van der Waals surface area contributed by atoms with Crippen molar-refractivity contribution in [1.29, 1.82) is 0 Å². The van der Waals surface area contributed by atoms with Crippen LogP contribution in [0.15, 0.2) is 48.5 Å². The second kappa shape index (κ2) is 5.75. The molecule has 3 nitrogen and oxygen atoms in total. The lowest BCUT2D eigenvalue weighted by atomic mass is 9.72. The fourth-order valence-electron chi connectivity index (χ4n) is 2.75. The van der Waals surface area contributed by atoms with Gasteiger partial charge < -0.3 is 10.6 Å². The quantitative estimate of drug-likeness (QED) is 0.878. The number of hydrogen-bond donors (Lipinski definition) is 2. The number of urea groups is 1. The molecule has 5 heteroatoms. The molecule has 22 heavy (non-hydrogen) atoms. The van der Waals surface area contributed by atoms with Crippen LogP contribution in [0.25, 0.3) is 0 Å². The number of carbonyl (C=O) groups excluding carboxylic acids is 1. The van der Waals surface area contributed by atoms with Gasteiger partial charge in [-0.2, -0.15) is 0 Å². The fraction of sp³-hybridized carbons (Fsp3) is 0.235. The lowest BCUT2D eigenvalue weighted by Gasteiger charge is -2.43. The molecule has 1 aliphatic rings. The van der Waals surface area contributed by atoms with E-state index in [2.05, 4.69) is 10.6 Å². The molecule has 1 fully saturated rings. The Hall–Kier alpha value is -2.43. The third kappa shape index (κ3) is 2.66. The van der Waals surface area contributed by atoms with E-state index in [0.29, 0.717) is 0 Å². The highest BCUT2D eigenvalue weighted by Gasteiger charge is 2.40. The molecule has 0 bridgehead atoms. The summed E-state index contributed by atoms with van der Waals surface area (Å²) in [5.41, 5.74) is 0.125. The third-order valence-corrected chi connectivity index (χ3v) is 4.09. The Morgan fingerprint density at radius 1 is 0.955 bits per heavy atom. The summed E-state index contributed by atoms with van der Waals surface area (Å²) in [6.07, 6.45) is 2.62. The van der Waals surface area contributed by atoms with E-state index in [1.165, 1.54) is 6.07 Å². The van der Waals surface area contributed by atoms with Crippen molar-refractivity contribution in [2.75, 3.05) is 5.32 Å². The largest absolute Gasteiger partial charge is 0.328 e. The molecular formula is C17H16F2N2O. The molecule has 3 rings (SSSR count). The van der Waals surface area contributed by atoms with Crippen molar-refractivity contribution in [2.45, 2.75) is 24.8 Å². The number of carbonyl (C=O) groups is 1. The second-order valence-corrected chi connectivity index (χ2v) is 5.48. The van der Waals surface area contributed by atoms with Crippen LogP contribution in [-0.4, -0.2) is 6.03 Å². The molecule has 2 amide bonds. The standard InChI is InChI=1S/C17H16F2N2O/c18-13-8-4-9-14(19)15(13)20-16(22)21-17(10-5-11-17)12-6-2-1-3-7-12/h1-4,6-9H,5,10-11H2,(H2,20,21,22). The Labute approximate surface area is 127 Å². The average molecular weight is 302 g/mol. The number of amides is 2. The van der Waals surface area contributed by atoms with E-state index in [9.17, 15) is 13.6 Å². The molecular weight excluding hydrogens is 286 g/mol. The summed E-state index contributed by atoms with van der Waals surface area (Å²) in [6.45, 7) is 0. The molecule has 0 atom stereocenters. The number of anilines is 1. The molecule has 0 aromatic heterocycles. The highest BCUT2D eigenvalue weighted by atomic mass is 19.1. The average Bonchev–Trinajstić information content (AvgIpc) is 2.48. The summed E-state index contributed by atoms with van der Waals surface area (Å²) >= 11 is 0. The summed E-state index contributed by atoms with van der Waals surface area (Å²) in [5.74, 6) is -1.59. The molecule has 0 spiro atoms. The van der Waals surface area contributed by atoms with Crippen molar-refractivity contribution in [2.24, 2.45) is 0 Å². The molecule has 1 saturated carbocycles. The van der Waals surface area contributed by atoms with Gasteiger partial charge in [-0.05, 0) is 37.0 Å². The topological polar surface area (TPSA) is 41.1 Å². The van der Waals surface area contributed by atoms with E-state index in [4.69, 9.17) is 0 Å². The fourth-order valence-corrected chi connectivity index (χ4v) is 2.75. The number of halogens is 2. The van der Waals surface area contributed by atoms with Crippen LogP contribution in [0.5, 0.6) is 0 Å². The van der Waals surface area contributed by atoms with Crippen LogP contribution in [0, 0.1) is 11.6 Å². The van der Waals surface area contributed by atoms with Crippen LogP contribution in [0.3, 0.4) is 0 Å². The van der Waals surface area contributed by atoms with Gasteiger partial charge in [-0.3, -0.25) is 0 Å². The zero-order valence-corrected chi connectivity index (χ0v) is 11.9. The van der Waals surface area contributed by atoms with Crippen LogP contribution < -0.4 is 10.6 Å². The van der Waals surface area contributed by atoms with Crippen LogP contribution in [0.2, 0.25) is 0 Å². The van der Waals surface area contributed by atoms with Crippen molar-refractivity contribution in [3.63, 3.8) is 0 Å². The highest BCUT2D eigenvalue weighted by molar-refractivity contribution is 5.90. The third-order valence-electron chi connectivity index (χ3n) is 4.09. The SMILES string of the molecule is O=C(Nc1c(F)cccc1F)NC1(c2ccccc2)CCC1. The van der Waals surface area contributed by atoms with Crippen LogP contribution in [-0.2, 0) is 5.54 Å². The number of hydrogen-bond acceptors (Lipinski definition) is 1. The lowest BCUT2D eigenvalue weighted by molar-refractivity contribution is 0.185. The molecule has 0 unspecified atom stereocenters. The van der Waals surface area contributed by atoms with Gasteiger partial charge in [0.25, 0.3) is 0 Å². The first-order chi connectivity index (χ1) is 10.6. The van der Waals surface area contributed by atoms with Crippen molar-refractivity contribution in [3.8, 4) is 0 Å². The summed E-state index contributed by atoms with van der Waals surface area (Å²) in [7, 11) is 0. The minimum Gasteiger partial charge on any atom is -0.328 e. The Bertz CT molecular complexity index is 664. The second-order valence-electron chi connectivity index (χ2n) is 5.48. The maximum absolute atomic E-state index is 13.6. The number of benzene rings is 2. The van der Waals surface area contributed by atoms with Gasteiger partial charge in [0.15, 0.2) is 0 Å². The smallest absolute Gasteiger partial charge is 0.320 e. The van der Waals surface area contributed by atoms with Crippen molar-refractivity contribution in [3.05, 3.63) is 65.7 Å².